The zero-order chi connectivity index (χ0) is 18.9. The summed E-state index contributed by atoms with van der Waals surface area (Å²) in [6.45, 7) is 6.64. The van der Waals surface area contributed by atoms with Crippen molar-refractivity contribution in [3.05, 3.63) is 34.9 Å². The lowest BCUT2D eigenvalue weighted by atomic mass is 9.88. The smallest absolute Gasteiger partial charge is 0.410 e. The minimum Gasteiger partial charge on any atom is -0.444 e. The predicted octanol–water partition coefficient (Wildman–Crippen LogP) is 3.57. The van der Waals surface area contributed by atoms with Crippen molar-refractivity contribution in [1.82, 2.24) is 25.1 Å². The predicted molar refractivity (Wildman–Crippen MR) is 93.9 cm³/mol. The third kappa shape index (κ3) is 4.12. The van der Waals surface area contributed by atoms with Gasteiger partial charge in [-0.25, -0.2) is 9.18 Å². The standard InChI is InChI=1S/C17H21ClFN5O2/c1-17(2,3)26-16(25)23-6-4-11(5-7-23)12-8-13(18)14(19)9-15(12)24-21-10-20-22-24/h8-11H,4-7H2,1-3H3. The van der Waals surface area contributed by atoms with Crippen LogP contribution in [-0.2, 0) is 4.74 Å². The summed E-state index contributed by atoms with van der Waals surface area (Å²) in [4.78, 5) is 15.2. The first-order valence-electron chi connectivity index (χ1n) is 8.45. The van der Waals surface area contributed by atoms with Crippen LogP contribution in [-0.4, -0.2) is 49.9 Å². The number of rotatable bonds is 2. The molecule has 1 aromatic carbocycles. The Hall–Kier alpha value is -2.22. The summed E-state index contributed by atoms with van der Waals surface area (Å²) < 4.78 is 19.4. The molecule has 9 heteroatoms. The third-order valence-electron chi connectivity index (χ3n) is 4.22. The molecule has 140 valence electrons. The lowest BCUT2D eigenvalue weighted by Gasteiger charge is -2.34. The van der Waals surface area contributed by atoms with Gasteiger partial charge in [-0.1, -0.05) is 11.6 Å². The number of tetrazole rings is 1. The van der Waals surface area contributed by atoms with Crippen LogP contribution in [0.5, 0.6) is 0 Å². The van der Waals surface area contributed by atoms with Gasteiger partial charge in [0.05, 0.1) is 10.7 Å². The lowest BCUT2D eigenvalue weighted by molar-refractivity contribution is 0.0205. The molecule has 0 unspecified atom stereocenters. The Kier molecular flexibility index (Phi) is 5.13. The molecule has 0 radical (unpaired) electrons. The SMILES string of the molecule is CC(C)(C)OC(=O)N1CCC(c2cc(Cl)c(F)cc2-n2ncnn2)CC1. The molecular weight excluding hydrogens is 361 g/mol. The number of aromatic nitrogens is 4. The van der Waals surface area contributed by atoms with E-state index in [0.717, 1.165) is 5.56 Å². The Morgan fingerprint density at radius 1 is 1.31 bits per heavy atom. The van der Waals surface area contributed by atoms with E-state index in [0.29, 0.717) is 31.6 Å². The van der Waals surface area contributed by atoms with Gasteiger partial charge in [-0.15, -0.1) is 15.0 Å². The Bertz CT molecular complexity index is 783. The highest BCUT2D eigenvalue weighted by Crippen LogP contribution is 2.35. The molecule has 0 bridgehead atoms. The second kappa shape index (κ2) is 7.19. The van der Waals surface area contributed by atoms with Crippen molar-refractivity contribution < 1.29 is 13.9 Å². The first-order valence-corrected chi connectivity index (χ1v) is 8.82. The topological polar surface area (TPSA) is 73.1 Å². The molecule has 0 atom stereocenters. The molecule has 0 aliphatic carbocycles. The van der Waals surface area contributed by atoms with Gasteiger partial charge in [0.15, 0.2) is 6.33 Å². The molecule has 26 heavy (non-hydrogen) atoms. The van der Waals surface area contributed by atoms with Gasteiger partial charge in [0.25, 0.3) is 0 Å². The second-order valence-corrected chi connectivity index (χ2v) is 7.70. The van der Waals surface area contributed by atoms with Crippen LogP contribution in [0.1, 0.15) is 45.1 Å². The molecule has 2 aromatic rings. The average molecular weight is 382 g/mol. The van der Waals surface area contributed by atoms with Crippen molar-refractivity contribution in [1.29, 1.82) is 0 Å². The number of hydrogen-bond acceptors (Lipinski definition) is 5. The zero-order valence-corrected chi connectivity index (χ0v) is 15.7. The zero-order valence-electron chi connectivity index (χ0n) is 14.9. The number of piperidine rings is 1. The maximum Gasteiger partial charge on any atom is 0.410 e. The number of nitrogens with zero attached hydrogens (tertiary/aromatic N) is 5. The number of likely N-dealkylation sites (tertiary alicyclic amines) is 1. The summed E-state index contributed by atoms with van der Waals surface area (Å²) in [7, 11) is 0. The van der Waals surface area contributed by atoms with Crippen LogP contribution in [0.4, 0.5) is 9.18 Å². The number of amides is 1. The van der Waals surface area contributed by atoms with Crippen LogP contribution in [0, 0.1) is 5.82 Å². The fraction of sp³-hybridized carbons (Fsp3) is 0.529. The molecule has 1 saturated heterocycles. The fourth-order valence-electron chi connectivity index (χ4n) is 3.03. The molecule has 7 nitrogen and oxygen atoms in total. The molecular formula is C17H21ClFN5O2. The van der Waals surface area contributed by atoms with E-state index in [4.69, 9.17) is 16.3 Å². The van der Waals surface area contributed by atoms with Gasteiger partial charge in [0.1, 0.15) is 11.4 Å². The minimum absolute atomic E-state index is 0.0541. The molecule has 0 saturated carbocycles. The second-order valence-electron chi connectivity index (χ2n) is 7.29. The first kappa shape index (κ1) is 18.6. The van der Waals surface area contributed by atoms with Crippen molar-refractivity contribution in [2.24, 2.45) is 0 Å². The molecule has 2 heterocycles. The molecule has 1 fully saturated rings. The van der Waals surface area contributed by atoms with Crippen LogP contribution in [0.25, 0.3) is 5.69 Å². The largest absolute Gasteiger partial charge is 0.444 e. The van der Waals surface area contributed by atoms with E-state index in [-0.39, 0.29) is 17.0 Å². The van der Waals surface area contributed by atoms with Crippen molar-refractivity contribution in [2.45, 2.75) is 45.1 Å². The van der Waals surface area contributed by atoms with Gasteiger partial charge < -0.3 is 9.64 Å². The lowest BCUT2D eigenvalue weighted by Crippen LogP contribution is -2.41. The van der Waals surface area contributed by atoms with Crippen molar-refractivity contribution in [3.8, 4) is 5.69 Å². The van der Waals surface area contributed by atoms with E-state index in [1.54, 1.807) is 11.0 Å². The van der Waals surface area contributed by atoms with Crippen LogP contribution in [0.3, 0.4) is 0 Å². The van der Waals surface area contributed by atoms with E-state index in [9.17, 15) is 9.18 Å². The van der Waals surface area contributed by atoms with Crippen molar-refractivity contribution in [3.63, 3.8) is 0 Å². The van der Waals surface area contributed by atoms with Gasteiger partial charge in [-0.2, -0.15) is 0 Å². The van der Waals surface area contributed by atoms with Crippen LogP contribution in [0.2, 0.25) is 5.02 Å². The maximum absolute atomic E-state index is 14.0. The highest BCUT2D eigenvalue weighted by atomic mass is 35.5. The molecule has 1 aliphatic heterocycles. The third-order valence-corrected chi connectivity index (χ3v) is 4.51. The number of ether oxygens (including phenoxy) is 1. The first-order chi connectivity index (χ1) is 12.2. The molecule has 1 aromatic heterocycles. The normalized spacial score (nSPS) is 16.0. The molecule has 0 spiro atoms. The van der Waals surface area contributed by atoms with Crippen LogP contribution < -0.4 is 0 Å². The van der Waals surface area contributed by atoms with Crippen molar-refractivity contribution in [2.75, 3.05) is 13.1 Å². The van der Waals surface area contributed by atoms with E-state index < -0.39 is 11.4 Å². The highest BCUT2D eigenvalue weighted by molar-refractivity contribution is 6.30. The van der Waals surface area contributed by atoms with E-state index in [2.05, 4.69) is 15.4 Å². The summed E-state index contributed by atoms with van der Waals surface area (Å²) in [5.41, 5.74) is 0.836. The monoisotopic (exact) mass is 381 g/mol. The molecule has 1 aliphatic rings. The van der Waals surface area contributed by atoms with Gasteiger partial charge in [0.2, 0.25) is 0 Å². The fourth-order valence-corrected chi connectivity index (χ4v) is 3.20. The van der Waals surface area contributed by atoms with E-state index in [1.165, 1.54) is 17.2 Å². The summed E-state index contributed by atoms with van der Waals surface area (Å²) >= 11 is 5.99. The number of carbonyl (C=O) groups excluding carboxylic acids is 1. The summed E-state index contributed by atoms with van der Waals surface area (Å²) in [5.74, 6) is -0.429. The highest BCUT2D eigenvalue weighted by Gasteiger charge is 2.29. The van der Waals surface area contributed by atoms with E-state index >= 15 is 0 Å². The number of hydrogen-bond donors (Lipinski definition) is 0. The Morgan fingerprint density at radius 3 is 2.58 bits per heavy atom. The Balaban J connectivity index is 1.78. The van der Waals surface area contributed by atoms with Gasteiger partial charge in [0, 0.05) is 19.2 Å². The number of halogens is 2. The van der Waals surface area contributed by atoms with Gasteiger partial charge >= 0.3 is 6.09 Å². The summed E-state index contributed by atoms with van der Waals surface area (Å²) in [6, 6.07) is 2.93. The molecule has 3 rings (SSSR count). The molecule has 1 amide bonds. The maximum atomic E-state index is 14.0. The average Bonchev–Trinajstić information content (AvgIpc) is 3.10. The number of carbonyl (C=O) groups is 1. The summed E-state index contributed by atoms with van der Waals surface area (Å²) in [5, 5.41) is 11.6. The Morgan fingerprint density at radius 2 is 2.00 bits per heavy atom. The Labute approximate surface area is 156 Å². The molecule has 0 N–H and O–H groups in total. The number of benzene rings is 1. The van der Waals surface area contributed by atoms with Gasteiger partial charge in [-0.05, 0) is 56.4 Å². The van der Waals surface area contributed by atoms with Crippen LogP contribution >= 0.6 is 11.6 Å². The quantitative estimate of drug-likeness (QED) is 0.795. The van der Waals surface area contributed by atoms with E-state index in [1.807, 2.05) is 20.8 Å². The summed E-state index contributed by atoms with van der Waals surface area (Å²) in [6.07, 6.45) is 2.40. The van der Waals surface area contributed by atoms with Crippen LogP contribution in [0.15, 0.2) is 18.5 Å². The minimum atomic E-state index is -0.533. The van der Waals surface area contributed by atoms with Gasteiger partial charge in [-0.3, -0.25) is 0 Å². The van der Waals surface area contributed by atoms with Crippen molar-refractivity contribution >= 4 is 17.7 Å².